The lowest BCUT2D eigenvalue weighted by Crippen LogP contribution is -2.58. The smallest absolute Gasteiger partial charge is 0.359 e. The maximum atomic E-state index is 13.6. The zero-order valence-electron chi connectivity index (χ0n) is 22.2. The zero-order valence-corrected chi connectivity index (χ0v) is 23.0. The molecule has 0 aliphatic carbocycles. The number of anilines is 1. The third-order valence-corrected chi connectivity index (χ3v) is 6.01. The molecule has 4 rings (SSSR count). The minimum atomic E-state index is -0.711. The molecule has 2 N–H and O–H groups in total. The lowest BCUT2D eigenvalue weighted by atomic mass is 10.1. The Bertz CT molecular complexity index is 1150. The van der Waals surface area contributed by atoms with Gasteiger partial charge in [0.1, 0.15) is 11.9 Å². The number of imidazole rings is 1. The number of amides is 2. The van der Waals surface area contributed by atoms with Crippen molar-refractivity contribution in [3.8, 4) is 5.69 Å². The number of urea groups is 1. The van der Waals surface area contributed by atoms with Crippen molar-refractivity contribution >= 4 is 35.3 Å². The van der Waals surface area contributed by atoms with Crippen LogP contribution < -0.4 is 10.2 Å². The Morgan fingerprint density at radius 3 is 2.35 bits per heavy atom. The van der Waals surface area contributed by atoms with Crippen LogP contribution in [0.4, 0.5) is 10.5 Å². The summed E-state index contributed by atoms with van der Waals surface area (Å²) in [5.74, 6) is -1.21. The number of carboxylic acids is 1. The van der Waals surface area contributed by atoms with E-state index < -0.39 is 17.5 Å². The number of halogens is 1. The quantitative estimate of drug-likeness (QED) is 0.559. The van der Waals surface area contributed by atoms with Crippen LogP contribution in [0.1, 0.15) is 70.6 Å². The summed E-state index contributed by atoms with van der Waals surface area (Å²) in [6, 6.07) is 5.65. The SMILES string of the molecule is CCCC(=O)O.C[C@@H]1CN(C(=O)N2Cc3c(C(=O)OC(C)(C)C)ncn3-c3ccc(Cl)cc32)C[C@H](C)N1. The van der Waals surface area contributed by atoms with Crippen molar-refractivity contribution in [2.45, 2.75) is 78.6 Å². The number of aliphatic carboxylic acids is 1. The zero-order chi connectivity index (χ0) is 27.5. The van der Waals surface area contributed by atoms with Gasteiger partial charge in [0.25, 0.3) is 0 Å². The van der Waals surface area contributed by atoms with Gasteiger partial charge < -0.3 is 20.1 Å². The molecule has 1 aromatic heterocycles. The monoisotopic (exact) mass is 533 g/mol. The van der Waals surface area contributed by atoms with E-state index in [0.29, 0.717) is 35.9 Å². The summed E-state index contributed by atoms with van der Waals surface area (Å²) in [6.45, 7) is 12.8. The fourth-order valence-electron chi connectivity index (χ4n) is 4.42. The largest absolute Gasteiger partial charge is 0.481 e. The highest BCUT2D eigenvalue weighted by Gasteiger charge is 2.36. The fourth-order valence-corrected chi connectivity index (χ4v) is 4.59. The summed E-state index contributed by atoms with van der Waals surface area (Å²) in [4.78, 5) is 43.8. The standard InChI is InChI=1S/C22H28ClN5O3.C4H8O2/c1-13-9-26(10-14(2)25-13)21(30)27-11-18-19(20(29)31-22(3,4)5)24-12-28(18)16-7-6-15(23)8-17(16)27;1-2-3-4(5)6/h6-8,12-14,25H,9-11H2,1-5H3;2-3H2,1H3,(H,5,6)/t13-,14+;. The van der Waals surface area contributed by atoms with Gasteiger partial charge in [0.2, 0.25) is 0 Å². The van der Waals surface area contributed by atoms with E-state index >= 15 is 0 Å². The second kappa shape index (κ2) is 11.5. The summed E-state index contributed by atoms with van der Waals surface area (Å²) < 4.78 is 7.37. The van der Waals surface area contributed by atoms with Crippen molar-refractivity contribution in [2.24, 2.45) is 0 Å². The molecule has 2 aromatic rings. The first-order valence-corrected chi connectivity index (χ1v) is 12.8. The van der Waals surface area contributed by atoms with E-state index in [1.165, 1.54) is 0 Å². The van der Waals surface area contributed by atoms with Gasteiger partial charge in [-0.3, -0.25) is 14.3 Å². The predicted molar refractivity (Wildman–Crippen MR) is 141 cm³/mol. The molecule has 2 amide bonds. The highest BCUT2D eigenvalue weighted by Crippen LogP contribution is 2.36. The molecule has 0 spiro atoms. The van der Waals surface area contributed by atoms with Crippen molar-refractivity contribution in [1.29, 1.82) is 0 Å². The Labute approximate surface area is 222 Å². The first kappa shape index (κ1) is 28.5. The summed E-state index contributed by atoms with van der Waals surface area (Å²) in [5, 5.41) is 11.9. The van der Waals surface area contributed by atoms with Crippen LogP contribution >= 0.6 is 11.6 Å². The number of ether oxygens (including phenoxy) is 1. The molecule has 2 aliphatic heterocycles. The van der Waals surface area contributed by atoms with Crippen LogP contribution in [0.25, 0.3) is 5.69 Å². The summed E-state index contributed by atoms with van der Waals surface area (Å²) in [6.07, 6.45) is 2.62. The van der Waals surface area contributed by atoms with E-state index in [-0.39, 0.29) is 30.4 Å². The Kier molecular flexibility index (Phi) is 8.86. The summed E-state index contributed by atoms with van der Waals surface area (Å²) in [7, 11) is 0. The molecule has 202 valence electrons. The van der Waals surface area contributed by atoms with Gasteiger partial charge in [-0.25, -0.2) is 14.6 Å². The lowest BCUT2D eigenvalue weighted by molar-refractivity contribution is -0.137. The number of benzene rings is 1. The van der Waals surface area contributed by atoms with Crippen molar-refractivity contribution in [3.05, 3.63) is 40.9 Å². The minimum absolute atomic E-state index is 0.119. The highest BCUT2D eigenvalue weighted by atomic mass is 35.5. The number of hydrogen-bond donors (Lipinski definition) is 2. The first-order chi connectivity index (χ1) is 17.3. The van der Waals surface area contributed by atoms with Crippen LogP contribution in [0.5, 0.6) is 0 Å². The minimum Gasteiger partial charge on any atom is -0.481 e. The Hall–Kier alpha value is -3.11. The van der Waals surface area contributed by atoms with Crippen LogP contribution in [0.2, 0.25) is 5.02 Å². The Morgan fingerprint density at radius 1 is 1.16 bits per heavy atom. The second-order valence-electron chi connectivity index (χ2n) is 10.4. The number of rotatable bonds is 3. The first-order valence-electron chi connectivity index (χ1n) is 12.4. The number of nitrogens with one attached hydrogen (secondary N) is 1. The average molecular weight is 534 g/mol. The molecular weight excluding hydrogens is 498 g/mol. The van der Waals surface area contributed by atoms with Gasteiger partial charge in [-0.05, 0) is 59.2 Å². The molecule has 0 saturated carbocycles. The molecule has 2 atom stereocenters. The third kappa shape index (κ3) is 7.01. The molecule has 10 nitrogen and oxygen atoms in total. The number of aromatic nitrogens is 2. The second-order valence-corrected chi connectivity index (χ2v) is 10.9. The molecule has 1 saturated heterocycles. The van der Waals surface area contributed by atoms with Gasteiger partial charge in [0.05, 0.1) is 23.6 Å². The number of esters is 1. The fraction of sp³-hybridized carbons (Fsp3) is 0.538. The van der Waals surface area contributed by atoms with Gasteiger partial charge in [-0.15, -0.1) is 0 Å². The van der Waals surface area contributed by atoms with Gasteiger partial charge in [0.15, 0.2) is 5.69 Å². The maximum absolute atomic E-state index is 13.6. The van der Waals surface area contributed by atoms with Crippen molar-refractivity contribution in [2.75, 3.05) is 18.0 Å². The number of carboxylic acid groups (broad SMARTS) is 1. The van der Waals surface area contributed by atoms with Crippen LogP contribution in [-0.2, 0) is 16.1 Å². The van der Waals surface area contributed by atoms with Gasteiger partial charge in [-0.2, -0.15) is 0 Å². The van der Waals surface area contributed by atoms with E-state index in [9.17, 15) is 14.4 Å². The van der Waals surface area contributed by atoms with E-state index in [1.807, 2.05) is 43.2 Å². The normalized spacial score (nSPS) is 18.8. The molecule has 37 heavy (non-hydrogen) atoms. The number of piperazine rings is 1. The molecule has 0 bridgehead atoms. The van der Waals surface area contributed by atoms with Crippen molar-refractivity contribution < 1.29 is 24.2 Å². The van der Waals surface area contributed by atoms with Crippen LogP contribution in [0.15, 0.2) is 24.5 Å². The predicted octanol–water partition coefficient (Wildman–Crippen LogP) is 4.47. The number of carbonyl (C=O) groups excluding carboxylic acids is 2. The molecule has 1 fully saturated rings. The molecule has 0 unspecified atom stereocenters. The van der Waals surface area contributed by atoms with E-state index in [0.717, 1.165) is 12.1 Å². The lowest BCUT2D eigenvalue weighted by Gasteiger charge is -2.40. The number of hydrogen-bond acceptors (Lipinski definition) is 6. The number of nitrogens with zero attached hydrogens (tertiary/aromatic N) is 4. The molecular formula is C26H36ClN5O5. The topological polar surface area (TPSA) is 117 Å². The number of fused-ring (bicyclic) bond motifs is 3. The Morgan fingerprint density at radius 2 is 1.81 bits per heavy atom. The summed E-state index contributed by atoms with van der Waals surface area (Å²) in [5.41, 5.74) is 1.63. The van der Waals surface area contributed by atoms with Gasteiger partial charge in [-0.1, -0.05) is 18.5 Å². The average Bonchev–Trinajstić information content (AvgIpc) is 3.20. The number of carbonyl (C=O) groups is 3. The van der Waals surface area contributed by atoms with E-state index in [2.05, 4.69) is 24.1 Å². The van der Waals surface area contributed by atoms with Crippen molar-refractivity contribution in [3.63, 3.8) is 0 Å². The van der Waals surface area contributed by atoms with Gasteiger partial charge >= 0.3 is 18.0 Å². The van der Waals surface area contributed by atoms with Crippen molar-refractivity contribution in [1.82, 2.24) is 19.8 Å². The maximum Gasteiger partial charge on any atom is 0.359 e. The van der Waals surface area contributed by atoms with Crippen LogP contribution in [-0.4, -0.2) is 68.3 Å². The highest BCUT2D eigenvalue weighted by molar-refractivity contribution is 6.31. The molecule has 0 radical (unpaired) electrons. The van der Waals surface area contributed by atoms with E-state index in [4.69, 9.17) is 21.4 Å². The van der Waals surface area contributed by atoms with Crippen LogP contribution in [0, 0.1) is 0 Å². The molecule has 11 heteroatoms. The van der Waals surface area contributed by atoms with Gasteiger partial charge in [0, 0.05) is 36.6 Å². The van der Waals surface area contributed by atoms with E-state index in [1.54, 1.807) is 23.4 Å². The molecule has 1 aromatic carbocycles. The summed E-state index contributed by atoms with van der Waals surface area (Å²) >= 11 is 6.27. The van der Waals surface area contributed by atoms with Crippen LogP contribution in [0.3, 0.4) is 0 Å². The third-order valence-electron chi connectivity index (χ3n) is 5.78. The molecule has 3 heterocycles. The Balaban J connectivity index is 0.000000568. The molecule has 2 aliphatic rings.